The minimum atomic E-state index is -1.05. The van der Waals surface area contributed by atoms with E-state index in [0.29, 0.717) is 18.2 Å². The van der Waals surface area contributed by atoms with Gasteiger partial charge in [-0.15, -0.1) is 0 Å². The number of carbonyl (C=O) groups excluding carboxylic acids is 1. The molecule has 0 heterocycles. The van der Waals surface area contributed by atoms with Crippen molar-refractivity contribution >= 4 is 40.3 Å². The van der Waals surface area contributed by atoms with E-state index in [1.165, 1.54) is 19.3 Å². The zero-order valence-electron chi connectivity index (χ0n) is 11.7. The Hall–Kier alpha value is -1.31. The third kappa shape index (κ3) is 4.87. The number of urea groups is 1. The lowest BCUT2D eigenvalue weighted by atomic mass is 9.89. The van der Waals surface area contributed by atoms with Gasteiger partial charge in [-0.2, -0.15) is 0 Å². The monoisotopic (exact) mass is 402 g/mol. The third-order valence-corrected chi connectivity index (χ3v) is 4.41. The lowest BCUT2D eigenvalue weighted by Crippen LogP contribution is -2.34. The van der Waals surface area contributed by atoms with E-state index in [1.54, 1.807) is 18.2 Å². The average molecular weight is 402 g/mol. The summed E-state index contributed by atoms with van der Waals surface area (Å²) >= 11 is 2.04. The fourth-order valence-electron chi connectivity index (χ4n) is 2.60. The number of aromatic carboxylic acids is 1. The Kier molecular flexibility index (Phi) is 5.84. The minimum absolute atomic E-state index is 0.106. The van der Waals surface area contributed by atoms with Crippen LogP contribution in [0.2, 0.25) is 0 Å². The highest BCUT2D eigenvalue weighted by molar-refractivity contribution is 14.1. The van der Waals surface area contributed by atoms with Gasteiger partial charge in [0.15, 0.2) is 0 Å². The molecule has 1 aromatic rings. The van der Waals surface area contributed by atoms with Crippen LogP contribution in [0.15, 0.2) is 18.2 Å². The highest BCUT2D eigenvalue weighted by Crippen LogP contribution is 2.23. The minimum Gasteiger partial charge on any atom is -0.478 e. The van der Waals surface area contributed by atoms with Gasteiger partial charge in [-0.05, 0) is 59.5 Å². The number of amides is 2. The second-order valence-electron chi connectivity index (χ2n) is 5.33. The van der Waals surface area contributed by atoms with Gasteiger partial charge in [0.25, 0.3) is 0 Å². The van der Waals surface area contributed by atoms with Crippen molar-refractivity contribution in [2.24, 2.45) is 5.92 Å². The molecule has 1 saturated carbocycles. The summed E-state index contributed by atoms with van der Waals surface area (Å²) in [6.45, 7) is 0.651. The number of carboxylic acid groups (broad SMARTS) is 1. The SMILES string of the molecule is O=C(NCC1CCCCC1)Nc1ccc(I)cc1C(=O)O. The van der Waals surface area contributed by atoms with Gasteiger partial charge in [0.1, 0.15) is 0 Å². The number of nitrogens with one attached hydrogen (secondary N) is 2. The van der Waals surface area contributed by atoms with Crippen LogP contribution >= 0.6 is 22.6 Å². The van der Waals surface area contributed by atoms with Crippen molar-refractivity contribution in [2.75, 3.05) is 11.9 Å². The number of benzene rings is 1. The molecule has 3 N–H and O–H groups in total. The van der Waals surface area contributed by atoms with E-state index in [2.05, 4.69) is 10.6 Å². The summed E-state index contributed by atoms with van der Waals surface area (Å²) in [6, 6.07) is 4.58. The zero-order chi connectivity index (χ0) is 15.2. The molecule has 114 valence electrons. The summed E-state index contributed by atoms with van der Waals surface area (Å²) in [7, 11) is 0. The zero-order valence-corrected chi connectivity index (χ0v) is 13.9. The van der Waals surface area contributed by atoms with Gasteiger partial charge in [0.05, 0.1) is 11.3 Å². The van der Waals surface area contributed by atoms with Crippen molar-refractivity contribution in [3.8, 4) is 0 Å². The van der Waals surface area contributed by atoms with Crippen molar-refractivity contribution in [2.45, 2.75) is 32.1 Å². The van der Waals surface area contributed by atoms with Crippen molar-refractivity contribution < 1.29 is 14.7 Å². The molecule has 2 amide bonds. The molecule has 6 heteroatoms. The molecule has 0 aromatic heterocycles. The van der Waals surface area contributed by atoms with Crippen LogP contribution in [0.25, 0.3) is 0 Å². The topological polar surface area (TPSA) is 78.4 Å². The van der Waals surface area contributed by atoms with Crippen molar-refractivity contribution in [1.29, 1.82) is 0 Å². The van der Waals surface area contributed by atoms with Crippen molar-refractivity contribution in [3.05, 3.63) is 27.3 Å². The number of halogens is 1. The second kappa shape index (κ2) is 7.63. The van der Waals surface area contributed by atoms with Gasteiger partial charge in [-0.1, -0.05) is 19.3 Å². The van der Waals surface area contributed by atoms with Gasteiger partial charge in [0.2, 0.25) is 0 Å². The number of carboxylic acids is 1. The summed E-state index contributed by atoms with van der Waals surface area (Å²) < 4.78 is 0.818. The van der Waals surface area contributed by atoms with Crippen LogP contribution in [0.4, 0.5) is 10.5 Å². The molecule has 1 aliphatic rings. The maximum atomic E-state index is 11.9. The molecule has 0 atom stereocenters. The molecule has 5 nitrogen and oxygen atoms in total. The summed E-state index contributed by atoms with van der Waals surface area (Å²) in [5, 5.41) is 14.6. The van der Waals surface area contributed by atoms with Gasteiger partial charge in [-0.25, -0.2) is 9.59 Å². The van der Waals surface area contributed by atoms with E-state index < -0.39 is 5.97 Å². The molecule has 0 saturated heterocycles. The number of rotatable bonds is 4. The Morgan fingerprint density at radius 2 is 1.95 bits per heavy atom. The highest BCUT2D eigenvalue weighted by atomic mass is 127. The first-order valence-electron chi connectivity index (χ1n) is 7.14. The molecule has 1 aliphatic carbocycles. The van der Waals surface area contributed by atoms with Crippen LogP contribution in [0, 0.1) is 9.49 Å². The Balaban J connectivity index is 1.91. The van der Waals surface area contributed by atoms with E-state index >= 15 is 0 Å². The predicted octanol–water partition coefficient (Wildman–Crippen LogP) is 3.69. The molecule has 0 radical (unpaired) electrons. The first kappa shape index (κ1) is 16.1. The molecule has 2 rings (SSSR count). The number of anilines is 1. The normalized spacial score (nSPS) is 15.5. The van der Waals surface area contributed by atoms with Crippen LogP contribution in [0.5, 0.6) is 0 Å². The summed E-state index contributed by atoms with van der Waals surface area (Å²) in [5.41, 5.74) is 0.429. The Morgan fingerprint density at radius 1 is 1.24 bits per heavy atom. The Labute approximate surface area is 137 Å². The second-order valence-corrected chi connectivity index (χ2v) is 6.58. The molecule has 1 fully saturated rings. The van der Waals surface area contributed by atoms with Gasteiger partial charge in [-0.3, -0.25) is 0 Å². The van der Waals surface area contributed by atoms with E-state index in [-0.39, 0.29) is 11.6 Å². The fraction of sp³-hybridized carbons (Fsp3) is 0.467. The molecular formula is C15H19IN2O3. The number of hydrogen-bond donors (Lipinski definition) is 3. The van der Waals surface area contributed by atoms with Crippen molar-refractivity contribution in [1.82, 2.24) is 5.32 Å². The maximum Gasteiger partial charge on any atom is 0.337 e. The highest BCUT2D eigenvalue weighted by Gasteiger charge is 2.16. The van der Waals surface area contributed by atoms with Crippen LogP contribution in [-0.4, -0.2) is 23.7 Å². The summed E-state index contributed by atoms with van der Waals surface area (Å²) in [6.07, 6.45) is 6.06. The van der Waals surface area contributed by atoms with Gasteiger partial charge < -0.3 is 15.7 Å². The van der Waals surface area contributed by atoms with E-state index in [9.17, 15) is 9.59 Å². The molecule has 21 heavy (non-hydrogen) atoms. The molecule has 1 aromatic carbocycles. The molecule has 0 aliphatic heterocycles. The average Bonchev–Trinajstić information content (AvgIpc) is 2.48. The lowest BCUT2D eigenvalue weighted by Gasteiger charge is -2.21. The van der Waals surface area contributed by atoms with E-state index in [1.807, 2.05) is 22.6 Å². The largest absolute Gasteiger partial charge is 0.478 e. The molecular weight excluding hydrogens is 383 g/mol. The quantitative estimate of drug-likeness (QED) is 0.673. The third-order valence-electron chi connectivity index (χ3n) is 3.74. The van der Waals surface area contributed by atoms with E-state index in [4.69, 9.17) is 5.11 Å². The first-order chi connectivity index (χ1) is 10.1. The van der Waals surface area contributed by atoms with Crippen molar-refractivity contribution in [3.63, 3.8) is 0 Å². The number of carbonyl (C=O) groups is 2. The van der Waals surface area contributed by atoms with Gasteiger partial charge in [0, 0.05) is 10.1 Å². The standard InChI is InChI=1S/C15H19IN2O3/c16-11-6-7-13(12(8-11)14(19)20)18-15(21)17-9-10-4-2-1-3-5-10/h6-8,10H,1-5,9H2,(H,19,20)(H2,17,18,21). The number of hydrogen-bond acceptors (Lipinski definition) is 2. The molecule has 0 spiro atoms. The Bertz CT molecular complexity index is 528. The van der Waals surface area contributed by atoms with Crippen LogP contribution in [0.3, 0.4) is 0 Å². The van der Waals surface area contributed by atoms with Crippen LogP contribution < -0.4 is 10.6 Å². The predicted molar refractivity (Wildman–Crippen MR) is 89.7 cm³/mol. The summed E-state index contributed by atoms with van der Waals surface area (Å²) in [4.78, 5) is 23.1. The summed E-state index contributed by atoms with van der Waals surface area (Å²) in [5.74, 6) is -0.503. The smallest absolute Gasteiger partial charge is 0.337 e. The van der Waals surface area contributed by atoms with Crippen LogP contribution in [-0.2, 0) is 0 Å². The van der Waals surface area contributed by atoms with Gasteiger partial charge >= 0.3 is 12.0 Å². The lowest BCUT2D eigenvalue weighted by molar-refractivity contribution is 0.0698. The maximum absolute atomic E-state index is 11.9. The molecule has 0 unspecified atom stereocenters. The Morgan fingerprint density at radius 3 is 2.62 bits per heavy atom. The van der Waals surface area contributed by atoms with Crippen LogP contribution in [0.1, 0.15) is 42.5 Å². The first-order valence-corrected chi connectivity index (χ1v) is 8.22. The fourth-order valence-corrected chi connectivity index (χ4v) is 3.09. The van der Waals surface area contributed by atoms with E-state index in [0.717, 1.165) is 16.4 Å². The molecule has 0 bridgehead atoms.